The Morgan fingerprint density at radius 2 is 1.28 bits per heavy atom. The van der Waals surface area contributed by atoms with Gasteiger partial charge in [0.25, 0.3) is 0 Å². The minimum Gasteiger partial charge on any atom is -0.383 e. The summed E-state index contributed by atoms with van der Waals surface area (Å²) < 4.78 is 2.09. The van der Waals surface area contributed by atoms with Crippen LogP contribution in [0.15, 0.2) is 57.1 Å². The molecule has 0 atom stereocenters. The largest absolute Gasteiger partial charge is 0.383 e. The number of nitrogens with two attached hydrogens (primary N) is 1. The van der Waals surface area contributed by atoms with Crippen molar-refractivity contribution in [2.75, 3.05) is 17.6 Å². The average Bonchev–Trinajstić information content (AvgIpc) is 3.35. The van der Waals surface area contributed by atoms with Gasteiger partial charge in [0.05, 0.1) is 13.4 Å². The topological polar surface area (TPSA) is 205 Å². The van der Waals surface area contributed by atoms with Gasteiger partial charge in [-0.05, 0) is 107 Å². The fourth-order valence-electron chi connectivity index (χ4n) is 2.34. The van der Waals surface area contributed by atoms with Crippen LogP contribution in [0.5, 0.6) is 0 Å². The molecule has 0 spiro atoms. The lowest BCUT2D eigenvalue weighted by atomic mass is 10.3. The molecule has 0 bridgehead atoms. The summed E-state index contributed by atoms with van der Waals surface area (Å²) in [6.45, 7) is 6.21. The summed E-state index contributed by atoms with van der Waals surface area (Å²) in [4.78, 5) is 33.2. The van der Waals surface area contributed by atoms with Gasteiger partial charge in [0.2, 0.25) is 21.1 Å². The van der Waals surface area contributed by atoms with Gasteiger partial charge in [0, 0.05) is 51.3 Å². The van der Waals surface area contributed by atoms with E-state index in [1.54, 1.807) is 18.5 Å². The van der Waals surface area contributed by atoms with Gasteiger partial charge in [-0.2, -0.15) is 15.0 Å². The van der Waals surface area contributed by atoms with E-state index in [0.29, 0.717) is 32.3 Å². The molecular weight excluding hydrogens is 898 g/mol. The average molecular weight is 925 g/mol. The number of anilines is 2. The van der Waals surface area contributed by atoms with E-state index >= 15 is 0 Å². The summed E-state index contributed by atoms with van der Waals surface area (Å²) in [5, 5.41) is 5.18. The molecule has 0 unspecified atom stereocenters. The van der Waals surface area contributed by atoms with Crippen LogP contribution in [0.3, 0.4) is 0 Å². The molecule has 0 fully saturated rings. The van der Waals surface area contributed by atoms with E-state index in [-0.39, 0.29) is 44.4 Å². The third-order valence-electron chi connectivity index (χ3n) is 4.15. The van der Waals surface area contributed by atoms with Crippen molar-refractivity contribution in [2.24, 2.45) is 0 Å². The lowest BCUT2D eigenvalue weighted by molar-refractivity contribution is 1.05. The van der Waals surface area contributed by atoms with Crippen LogP contribution in [0.1, 0.15) is 20.4 Å². The van der Waals surface area contributed by atoms with Crippen molar-refractivity contribution in [1.82, 2.24) is 44.9 Å². The van der Waals surface area contributed by atoms with Crippen molar-refractivity contribution in [3.63, 3.8) is 0 Å². The summed E-state index contributed by atoms with van der Waals surface area (Å²) in [5.41, 5.74) is 17.3. The van der Waals surface area contributed by atoms with Gasteiger partial charge in [-0.15, -0.1) is 6.58 Å². The molecule has 247 valence electrons. The minimum absolute atomic E-state index is 0. The van der Waals surface area contributed by atoms with Crippen LogP contribution in [-0.2, 0) is 0 Å². The van der Waals surface area contributed by atoms with Crippen molar-refractivity contribution < 1.29 is 0 Å². The van der Waals surface area contributed by atoms with Crippen LogP contribution >= 0.6 is 106 Å². The smallest absolute Gasteiger partial charge is 0.224 e. The molecule has 46 heavy (non-hydrogen) atoms. The Morgan fingerprint density at radius 1 is 0.804 bits per heavy atom. The molecule has 6 N–H and O–H groups in total. The molecule has 0 saturated heterocycles. The highest BCUT2D eigenvalue weighted by atomic mass is 79.9. The number of hydrogen-bond acceptors (Lipinski definition) is 12. The highest BCUT2D eigenvalue weighted by molar-refractivity contribution is 9.11. The maximum absolute atomic E-state index is 5.59. The predicted molar refractivity (Wildman–Crippen MR) is 201 cm³/mol. The first-order chi connectivity index (χ1) is 20.4. The molecule has 5 aromatic rings. The fraction of sp³-hybridized carbons (Fsp3) is 0.167. The molecule has 0 amide bonds. The maximum atomic E-state index is 5.59. The van der Waals surface area contributed by atoms with Crippen LogP contribution in [0.2, 0.25) is 26.3 Å². The molecule has 22 heteroatoms. The summed E-state index contributed by atoms with van der Waals surface area (Å²) in [6, 6.07) is 0. The van der Waals surface area contributed by atoms with Crippen molar-refractivity contribution in [2.45, 2.75) is 21.8 Å². The van der Waals surface area contributed by atoms with Gasteiger partial charge in [-0.3, -0.25) is 0 Å². The third kappa shape index (κ3) is 17.6. The van der Waals surface area contributed by atoms with E-state index in [2.05, 4.69) is 105 Å². The van der Waals surface area contributed by atoms with E-state index in [4.69, 9.17) is 74.8 Å². The number of nitrogen functional groups attached to an aromatic ring is 1. The maximum Gasteiger partial charge on any atom is 0.224 e. The first kappa shape index (κ1) is 48.2. The van der Waals surface area contributed by atoms with Crippen molar-refractivity contribution in [1.29, 1.82) is 11.1 Å². The second-order valence-electron chi connectivity index (χ2n) is 7.03. The minimum atomic E-state index is 0. The van der Waals surface area contributed by atoms with E-state index in [9.17, 15) is 0 Å². The first-order valence-electron chi connectivity index (χ1n) is 10.9. The summed E-state index contributed by atoms with van der Waals surface area (Å²) in [7, 11) is 0. The molecule has 0 aliphatic heterocycles. The Hall–Kier alpha value is -2.25. The van der Waals surface area contributed by atoms with Gasteiger partial charge in [0.1, 0.15) is 22.4 Å². The zero-order chi connectivity index (χ0) is 32.5. The number of aromatic nitrogens is 9. The molecule has 0 aliphatic rings. The van der Waals surface area contributed by atoms with Crippen molar-refractivity contribution in [3.8, 4) is 0 Å². The fourth-order valence-corrected chi connectivity index (χ4v) is 3.76. The molecule has 5 heterocycles. The summed E-state index contributed by atoms with van der Waals surface area (Å²) in [6.07, 6.45) is 9.94. The zero-order valence-electron chi connectivity index (χ0n) is 22.1. The standard InChI is InChI=1S/C7H7BrClN3.C7H6ClN3.C4HBrCl2N2.C4H3BrClN3.2CH4.B.H2N2/c1-2-3-10-6-5(8)4-11-7(9)12-6;1-4-2-9-6-5(4)3-10-7(8)11-6;5-2-1-8-4(7)9-3(2)6;5-2-1-8-4(6)9-3(2)7;;;;1-2/h2,4H,1,3H2,(H,10,11,12);2-3H,1H3,(H,9,10,11);1H;1H,(H2,7,8,9);2*1H4;;1-2H. The van der Waals surface area contributed by atoms with Crippen LogP contribution in [0.4, 0.5) is 11.6 Å². The van der Waals surface area contributed by atoms with Crippen LogP contribution in [0, 0.1) is 18.0 Å². The molecule has 13 nitrogen and oxygen atoms in total. The normalized spacial score (nSPS) is 8.89. The second-order valence-corrected chi connectivity index (χ2v) is 11.3. The summed E-state index contributed by atoms with van der Waals surface area (Å²) in [5.74, 6) is 1.03. The van der Waals surface area contributed by atoms with E-state index in [0.717, 1.165) is 21.1 Å². The van der Waals surface area contributed by atoms with Crippen LogP contribution in [-0.4, -0.2) is 59.8 Å². The second kappa shape index (κ2) is 25.8. The molecular formula is C24H27BBr3Cl5N13. The van der Waals surface area contributed by atoms with Gasteiger partial charge in [0.15, 0.2) is 0 Å². The van der Waals surface area contributed by atoms with Gasteiger partial charge in [-0.1, -0.05) is 32.5 Å². The Bertz CT molecular complexity index is 1590. The Balaban J connectivity index is -0.000000518. The Kier molecular flexibility index (Phi) is 27.0. The monoisotopic (exact) mass is 920 g/mol. The number of nitrogens with zero attached hydrogens (tertiary/aromatic N) is 8. The molecule has 5 aromatic heterocycles. The predicted octanol–water partition coefficient (Wildman–Crippen LogP) is 9.92. The van der Waals surface area contributed by atoms with Crippen LogP contribution < -0.4 is 11.1 Å². The highest BCUT2D eigenvalue weighted by Crippen LogP contribution is 2.20. The number of aryl methyl sites for hydroxylation is 1. The molecule has 5 rings (SSSR count). The molecule has 0 saturated carbocycles. The Morgan fingerprint density at radius 3 is 1.78 bits per heavy atom. The number of halogens is 8. The summed E-state index contributed by atoms with van der Waals surface area (Å²) >= 11 is 37.0. The number of rotatable bonds is 3. The highest BCUT2D eigenvalue weighted by Gasteiger charge is 2.02. The lowest BCUT2D eigenvalue weighted by Crippen LogP contribution is -2.01. The van der Waals surface area contributed by atoms with Crippen molar-refractivity contribution in [3.05, 3.63) is 88.9 Å². The molecule has 3 radical (unpaired) electrons. The number of nitrogens with one attached hydrogen (secondary N) is 4. The molecule has 0 aliphatic carbocycles. The van der Waals surface area contributed by atoms with Crippen molar-refractivity contribution >= 4 is 137 Å². The number of H-pyrrole nitrogens is 1. The molecule has 0 aromatic carbocycles. The number of fused-ring (bicyclic) bond motifs is 1. The van der Waals surface area contributed by atoms with E-state index < -0.39 is 0 Å². The number of aromatic amines is 1. The SMILES string of the molecule is C.C.C=CCNc1nc(Cl)ncc1Br.Cc1c[nH]c2nc(Cl)ncc12.Clc1ncc(Br)c(Cl)n1.N=N.Nc1nc(Cl)ncc1Br.[B]. The number of hydrogen-bond donors (Lipinski definition) is 5. The van der Waals surface area contributed by atoms with E-state index in [1.807, 2.05) is 13.1 Å². The Labute approximate surface area is 318 Å². The van der Waals surface area contributed by atoms with Crippen LogP contribution in [0.25, 0.3) is 11.0 Å². The lowest BCUT2D eigenvalue weighted by Gasteiger charge is -2.03. The van der Waals surface area contributed by atoms with Gasteiger partial charge >= 0.3 is 0 Å². The van der Waals surface area contributed by atoms with Gasteiger partial charge in [-0.25, -0.2) is 36.0 Å². The zero-order valence-corrected chi connectivity index (χ0v) is 30.7. The first-order valence-corrected chi connectivity index (χ1v) is 15.2. The quantitative estimate of drug-likeness (QED) is 0.0381. The van der Waals surface area contributed by atoms with E-state index in [1.165, 1.54) is 12.4 Å². The van der Waals surface area contributed by atoms with Gasteiger partial charge < -0.3 is 16.0 Å². The third-order valence-corrected chi connectivity index (χ3v) is 7.17.